The number of hydrogen-bond donors (Lipinski definition) is 0. The lowest BCUT2D eigenvalue weighted by atomic mass is 9.90. The predicted molar refractivity (Wildman–Crippen MR) is 59.4 cm³/mol. The molecule has 0 spiro atoms. The summed E-state index contributed by atoms with van der Waals surface area (Å²) in [6, 6.07) is 0. The lowest BCUT2D eigenvalue weighted by Gasteiger charge is -2.21. The Morgan fingerprint density at radius 1 is 1.41 bits per heavy atom. The molecule has 2 aliphatic carbocycles. The van der Waals surface area contributed by atoms with Gasteiger partial charge in [0.25, 0.3) is 0 Å². The quantitative estimate of drug-likeness (QED) is 0.739. The molecule has 0 N–H and O–H groups in total. The van der Waals surface area contributed by atoms with Crippen molar-refractivity contribution >= 4 is 0 Å². The molecule has 4 heteroatoms. The van der Waals surface area contributed by atoms with Gasteiger partial charge < -0.3 is 4.74 Å². The monoisotopic (exact) mass is 246 g/mol. The van der Waals surface area contributed by atoms with Crippen LogP contribution < -0.4 is 0 Å². The summed E-state index contributed by atoms with van der Waals surface area (Å²) in [7, 11) is 1.45. The molecule has 1 fully saturated rings. The Hall–Kier alpha value is -0.770. The molecule has 0 amide bonds. The van der Waals surface area contributed by atoms with Crippen molar-refractivity contribution in [3.8, 4) is 0 Å². The minimum atomic E-state index is -4.18. The number of fused-ring (bicyclic) bond motifs is 1. The number of halogens is 3. The molecule has 17 heavy (non-hydrogen) atoms. The summed E-state index contributed by atoms with van der Waals surface area (Å²) in [6.07, 6.45) is 0.569. The fourth-order valence-corrected chi connectivity index (χ4v) is 2.80. The second-order valence-electron chi connectivity index (χ2n) is 5.17. The summed E-state index contributed by atoms with van der Waals surface area (Å²) in [5.41, 5.74) is -0.671. The zero-order chi connectivity index (χ0) is 12.8. The number of rotatable bonds is 3. The standard InChI is InChI=1S/C13H17F3O/c1-8(2)9-4-5-12(13(14,15)16)10(6-9)11(12)7-17-3/h4-6,8,10-11H,7H2,1-3H3. The average molecular weight is 246 g/mol. The maximum atomic E-state index is 13.1. The van der Waals surface area contributed by atoms with Gasteiger partial charge in [-0.25, -0.2) is 0 Å². The van der Waals surface area contributed by atoms with Crippen molar-refractivity contribution in [3.63, 3.8) is 0 Å². The molecule has 2 rings (SSSR count). The normalized spacial score (nSPS) is 35.8. The second kappa shape index (κ2) is 3.87. The van der Waals surface area contributed by atoms with Crippen molar-refractivity contribution in [1.82, 2.24) is 0 Å². The lowest BCUT2D eigenvalue weighted by molar-refractivity contribution is -0.180. The lowest BCUT2D eigenvalue weighted by Crippen LogP contribution is -2.28. The van der Waals surface area contributed by atoms with Crippen LogP contribution in [-0.2, 0) is 4.74 Å². The minimum Gasteiger partial charge on any atom is -0.384 e. The minimum absolute atomic E-state index is 0.163. The predicted octanol–water partition coefficient (Wildman–Crippen LogP) is 3.58. The third-order valence-corrected chi connectivity index (χ3v) is 3.92. The van der Waals surface area contributed by atoms with Crippen LogP contribution >= 0.6 is 0 Å². The Bertz CT molecular complexity index is 367. The van der Waals surface area contributed by atoms with E-state index in [1.54, 1.807) is 12.2 Å². The highest BCUT2D eigenvalue weighted by Crippen LogP contribution is 2.70. The zero-order valence-electron chi connectivity index (χ0n) is 10.2. The Morgan fingerprint density at radius 3 is 2.53 bits per heavy atom. The van der Waals surface area contributed by atoms with Gasteiger partial charge in [-0.2, -0.15) is 13.2 Å². The van der Waals surface area contributed by atoms with E-state index in [0.717, 1.165) is 5.57 Å². The molecule has 0 aromatic rings. The Labute approximate surface area is 99.3 Å². The molecule has 0 radical (unpaired) electrons. The Morgan fingerprint density at radius 2 is 2.06 bits per heavy atom. The van der Waals surface area contributed by atoms with Crippen LogP contribution in [0.2, 0.25) is 0 Å². The van der Waals surface area contributed by atoms with Crippen molar-refractivity contribution in [1.29, 1.82) is 0 Å². The first-order valence-corrected chi connectivity index (χ1v) is 5.81. The molecular weight excluding hydrogens is 229 g/mol. The van der Waals surface area contributed by atoms with Crippen LogP contribution in [0.5, 0.6) is 0 Å². The molecule has 1 nitrogen and oxygen atoms in total. The molecule has 0 aromatic heterocycles. The largest absolute Gasteiger partial charge is 0.398 e. The summed E-state index contributed by atoms with van der Waals surface area (Å²) in [6.45, 7) is 4.14. The first kappa shape index (κ1) is 12.7. The molecule has 1 saturated carbocycles. The van der Waals surface area contributed by atoms with Crippen LogP contribution in [0.4, 0.5) is 13.2 Å². The van der Waals surface area contributed by atoms with Gasteiger partial charge in [-0.05, 0) is 11.5 Å². The van der Waals surface area contributed by atoms with Crippen LogP contribution in [0.1, 0.15) is 13.8 Å². The van der Waals surface area contributed by atoms with Gasteiger partial charge in [0.15, 0.2) is 0 Å². The SMILES string of the molecule is COCC1C2C=C(C(C)C)C=CC21C(F)(F)F. The summed E-state index contributed by atoms with van der Waals surface area (Å²) < 4.78 is 44.3. The van der Waals surface area contributed by atoms with E-state index in [2.05, 4.69) is 0 Å². The van der Waals surface area contributed by atoms with Crippen molar-refractivity contribution < 1.29 is 17.9 Å². The second-order valence-corrected chi connectivity index (χ2v) is 5.17. The first-order valence-electron chi connectivity index (χ1n) is 5.81. The Kier molecular flexibility index (Phi) is 2.89. The van der Waals surface area contributed by atoms with Crippen LogP contribution in [-0.4, -0.2) is 19.9 Å². The van der Waals surface area contributed by atoms with E-state index >= 15 is 0 Å². The van der Waals surface area contributed by atoms with Gasteiger partial charge in [0.2, 0.25) is 0 Å². The van der Waals surface area contributed by atoms with E-state index in [4.69, 9.17) is 4.74 Å². The maximum Gasteiger partial charge on any atom is 0.398 e. The van der Waals surface area contributed by atoms with Crippen LogP contribution in [0, 0.1) is 23.2 Å². The number of allylic oxidation sites excluding steroid dienone is 4. The summed E-state index contributed by atoms with van der Waals surface area (Å²) in [5.74, 6) is -0.633. The number of methoxy groups -OCH3 is 1. The van der Waals surface area contributed by atoms with Crippen LogP contribution in [0.15, 0.2) is 23.8 Å². The van der Waals surface area contributed by atoms with Gasteiger partial charge in [0.05, 0.1) is 12.0 Å². The van der Waals surface area contributed by atoms with Gasteiger partial charge in [-0.3, -0.25) is 0 Å². The molecule has 0 saturated heterocycles. The maximum absolute atomic E-state index is 13.1. The number of alkyl halides is 3. The molecule has 3 atom stereocenters. The van der Waals surface area contributed by atoms with Crippen LogP contribution in [0.25, 0.3) is 0 Å². The number of hydrogen-bond acceptors (Lipinski definition) is 1. The molecule has 0 heterocycles. The summed E-state index contributed by atoms with van der Waals surface area (Å²) in [4.78, 5) is 0. The first-order chi connectivity index (χ1) is 7.84. The topological polar surface area (TPSA) is 9.23 Å². The third kappa shape index (κ3) is 1.73. The van der Waals surface area contributed by atoms with E-state index in [0.29, 0.717) is 0 Å². The van der Waals surface area contributed by atoms with Crippen molar-refractivity contribution in [2.75, 3.05) is 13.7 Å². The molecule has 0 bridgehead atoms. The molecule has 3 unspecified atom stereocenters. The van der Waals surface area contributed by atoms with Crippen molar-refractivity contribution in [2.45, 2.75) is 20.0 Å². The van der Waals surface area contributed by atoms with E-state index < -0.39 is 23.4 Å². The molecule has 0 aromatic carbocycles. The van der Waals surface area contributed by atoms with Gasteiger partial charge in [-0.15, -0.1) is 0 Å². The smallest absolute Gasteiger partial charge is 0.384 e. The van der Waals surface area contributed by atoms with Crippen molar-refractivity contribution in [2.24, 2.45) is 23.2 Å². The van der Waals surface area contributed by atoms with E-state index in [-0.39, 0.29) is 12.5 Å². The van der Waals surface area contributed by atoms with E-state index in [9.17, 15) is 13.2 Å². The van der Waals surface area contributed by atoms with E-state index in [1.807, 2.05) is 13.8 Å². The molecule has 96 valence electrons. The van der Waals surface area contributed by atoms with E-state index in [1.165, 1.54) is 13.2 Å². The highest BCUT2D eigenvalue weighted by molar-refractivity contribution is 5.40. The Balaban J connectivity index is 2.29. The zero-order valence-corrected chi connectivity index (χ0v) is 10.2. The highest BCUT2D eigenvalue weighted by atomic mass is 19.4. The molecular formula is C13H17F3O. The molecule has 2 aliphatic rings. The summed E-state index contributed by atoms with van der Waals surface area (Å²) >= 11 is 0. The highest BCUT2D eigenvalue weighted by Gasteiger charge is 2.76. The van der Waals surface area contributed by atoms with Gasteiger partial charge in [0, 0.05) is 18.9 Å². The molecule has 0 aliphatic heterocycles. The van der Waals surface area contributed by atoms with Gasteiger partial charge in [-0.1, -0.05) is 32.1 Å². The number of ether oxygens (including phenoxy) is 1. The fourth-order valence-electron chi connectivity index (χ4n) is 2.80. The average Bonchev–Trinajstić information content (AvgIpc) is 2.87. The van der Waals surface area contributed by atoms with Crippen LogP contribution in [0.3, 0.4) is 0 Å². The van der Waals surface area contributed by atoms with Gasteiger partial charge >= 0.3 is 6.18 Å². The van der Waals surface area contributed by atoms with Crippen molar-refractivity contribution in [3.05, 3.63) is 23.8 Å². The van der Waals surface area contributed by atoms with Gasteiger partial charge in [0.1, 0.15) is 0 Å². The summed E-state index contributed by atoms with van der Waals surface area (Å²) in [5, 5.41) is 0. The third-order valence-electron chi connectivity index (χ3n) is 3.92. The fraction of sp³-hybridized carbons (Fsp3) is 0.692.